The fourth-order valence-electron chi connectivity index (χ4n) is 1.80. The summed E-state index contributed by atoms with van der Waals surface area (Å²) < 4.78 is 31.0. The van der Waals surface area contributed by atoms with E-state index >= 15 is 0 Å². The van der Waals surface area contributed by atoms with Crippen LogP contribution in [0.2, 0.25) is 0 Å². The number of nitrogens with zero attached hydrogens (tertiary/aromatic N) is 3. The van der Waals surface area contributed by atoms with E-state index in [0.29, 0.717) is 17.1 Å². The van der Waals surface area contributed by atoms with Gasteiger partial charge in [-0.3, -0.25) is 4.98 Å². The van der Waals surface area contributed by atoms with Crippen LogP contribution in [0, 0.1) is 13.8 Å². The van der Waals surface area contributed by atoms with Crippen molar-refractivity contribution in [1.29, 1.82) is 0 Å². The average Bonchev–Trinajstić information content (AvgIpc) is 2.70. The molecule has 0 N–H and O–H groups in total. The molecular weight excluding hydrogens is 266 g/mol. The van der Waals surface area contributed by atoms with Crippen molar-refractivity contribution in [2.24, 2.45) is 0 Å². The molecule has 2 rings (SSSR count). The minimum Gasteiger partial charge on any atom is -0.360 e. The van der Waals surface area contributed by atoms with Gasteiger partial charge < -0.3 is 4.52 Å². The van der Waals surface area contributed by atoms with E-state index in [4.69, 9.17) is 4.52 Å². The molecule has 0 radical (unpaired) electrons. The first kappa shape index (κ1) is 13.7. The Bertz CT molecular complexity index is 645. The molecule has 7 heteroatoms. The fourth-order valence-corrected chi connectivity index (χ4v) is 3.23. The van der Waals surface area contributed by atoms with Gasteiger partial charge in [0.2, 0.25) is 10.0 Å². The molecule has 0 unspecified atom stereocenters. The van der Waals surface area contributed by atoms with Crippen molar-refractivity contribution in [3.63, 3.8) is 0 Å². The summed E-state index contributed by atoms with van der Waals surface area (Å²) in [5, 5.41) is 3.68. The smallest absolute Gasteiger partial charge is 0.248 e. The van der Waals surface area contributed by atoms with E-state index in [1.54, 1.807) is 32.2 Å². The van der Waals surface area contributed by atoms with E-state index in [1.165, 1.54) is 11.4 Å². The van der Waals surface area contributed by atoms with Gasteiger partial charge in [0, 0.05) is 13.2 Å². The number of aromatic nitrogens is 2. The van der Waals surface area contributed by atoms with Crippen LogP contribution in [0.1, 0.15) is 17.1 Å². The number of hydrogen-bond acceptors (Lipinski definition) is 5. The zero-order valence-electron chi connectivity index (χ0n) is 11.0. The Kier molecular flexibility index (Phi) is 3.68. The molecule has 0 aliphatic heterocycles. The average molecular weight is 281 g/mol. The highest BCUT2D eigenvalue weighted by atomic mass is 32.2. The van der Waals surface area contributed by atoms with Crippen molar-refractivity contribution < 1.29 is 12.9 Å². The first-order valence-electron chi connectivity index (χ1n) is 5.72. The van der Waals surface area contributed by atoms with Crippen molar-refractivity contribution >= 4 is 10.0 Å². The van der Waals surface area contributed by atoms with Crippen molar-refractivity contribution in [1.82, 2.24) is 14.4 Å². The van der Waals surface area contributed by atoms with E-state index in [9.17, 15) is 8.42 Å². The van der Waals surface area contributed by atoms with Crippen LogP contribution in [0.4, 0.5) is 0 Å². The SMILES string of the molecule is Cc1noc(C)c1S(=O)(=O)N(C)Cc1ccccn1. The summed E-state index contributed by atoms with van der Waals surface area (Å²) in [6, 6.07) is 5.38. The van der Waals surface area contributed by atoms with E-state index in [0.717, 1.165) is 0 Å². The lowest BCUT2D eigenvalue weighted by Crippen LogP contribution is -2.27. The molecule has 102 valence electrons. The molecule has 0 fully saturated rings. The van der Waals surface area contributed by atoms with Crippen LogP contribution in [0.5, 0.6) is 0 Å². The van der Waals surface area contributed by atoms with E-state index in [1.807, 2.05) is 6.07 Å². The molecule has 0 aliphatic carbocycles. The minimum atomic E-state index is -3.62. The first-order chi connectivity index (χ1) is 8.93. The molecule has 0 amide bonds. The monoisotopic (exact) mass is 281 g/mol. The lowest BCUT2D eigenvalue weighted by molar-refractivity contribution is 0.389. The van der Waals surface area contributed by atoms with E-state index < -0.39 is 10.0 Å². The number of aryl methyl sites for hydroxylation is 2. The molecular formula is C12H15N3O3S. The van der Waals surface area contributed by atoms with Crippen molar-refractivity contribution in [3.8, 4) is 0 Å². The highest BCUT2D eigenvalue weighted by molar-refractivity contribution is 7.89. The summed E-state index contributed by atoms with van der Waals surface area (Å²) in [6.07, 6.45) is 1.63. The molecule has 0 bridgehead atoms. The maximum absolute atomic E-state index is 12.4. The Morgan fingerprint density at radius 1 is 1.32 bits per heavy atom. The van der Waals surface area contributed by atoms with Gasteiger partial charge in [-0.25, -0.2) is 8.42 Å². The van der Waals surface area contributed by atoms with Crippen LogP contribution >= 0.6 is 0 Å². The topological polar surface area (TPSA) is 76.3 Å². The van der Waals surface area contributed by atoms with Crippen molar-refractivity contribution in [2.75, 3.05) is 7.05 Å². The zero-order valence-corrected chi connectivity index (χ0v) is 11.8. The molecule has 0 saturated heterocycles. The number of rotatable bonds is 4. The molecule has 0 spiro atoms. The quantitative estimate of drug-likeness (QED) is 0.849. The second-order valence-corrected chi connectivity index (χ2v) is 6.22. The zero-order chi connectivity index (χ0) is 14.0. The van der Waals surface area contributed by atoms with Gasteiger partial charge in [0.15, 0.2) is 5.76 Å². The maximum atomic E-state index is 12.4. The first-order valence-corrected chi connectivity index (χ1v) is 7.16. The predicted octanol–water partition coefficient (Wildman–Crippen LogP) is 1.51. The van der Waals surface area contributed by atoms with Crippen LogP contribution in [-0.4, -0.2) is 29.9 Å². The lowest BCUT2D eigenvalue weighted by atomic mass is 10.3. The van der Waals surface area contributed by atoms with Gasteiger partial charge in [-0.15, -0.1) is 0 Å². The highest BCUT2D eigenvalue weighted by Gasteiger charge is 2.28. The molecule has 2 aromatic rings. The van der Waals surface area contributed by atoms with Crippen molar-refractivity contribution in [3.05, 3.63) is 41.5 Å². The summed E-state index contributed by atoms with van der Waals surface area (Å²) in [5.74, 6) is 0.297. The molecule has 19 heavy (non-hydrogen) atoms. The van der Waals surface area contributed by atoms with Gasteiger partial charge in [0.05, 0.1) is 12.2 Å². The summed E-state index contributed by atoms with van der Waals surface area (Å²) in [5.41, 5.74) is 1.05. The van der Waals surface area contributed by atoms with Gasteiger partial charge in [-0.1, -0.05) is 11.2 Å². The molecule has 2 heterocycles. The van der Waals surface area contributed by atoms with Gasteiger partial charge in [0.1, 0.15) is 10.6 Å². The van der Waals surface area contributed by atoms with Crippen molar-refractivity contribution in [2.45, 2.75) is 25.3 Å². The Morgan fingerprint density at radius 3 is 2.58 bits per heavy atom. The molecule has 6 nitrogen and oxygen atoms in total. The standard InChI is InChI=1S/C12H15N3O3S/c1-9-12(10(2)18-14-9)19(16,17)15(3)8-11-6-4-5-7-13-11/h4-7H,8H2,1-3H3. The Balaban J connectivity index is 2.30. The molecule has 0 aliphatic rings. The van der Waals surface area contributed by atoms with Crippen LogP contribution in [0.3, 0.4) is 0 Å². The molecule has 0 aromatic carbocycles. The Labute approximate surface area is 112 Å². The van der Waals surface area contributed by atoms with Crippen LogP contribution in [0.15, 0.2) is 33.8 Å². The molecule has 0 atom stereocenters. The van der Waals surface area contributed by atoms with Crippen LogP contribution < -0.4 is 0 Å². The largest absolute Gasteiger partial charge is 0.360 e. The molecule has 0 saturated carbocycles. The number of hydrogen-bond donors (Lipinski definition) is 0. The fraction of sp³-hybridized carbons (Fsp3) is 0.333. The maximum Gasteiger partial charge on any atom is 0.248 e. The summed E-state index contributed by atoms with van der Waals surface area (Å²) >= 11 is 0. The minimum absolute atomic E-state index is 0.130. The Morgan fingerprint density at radius 2 is 2.05 bits per heavy atom. The second kappa shape index (κ2) is 5.10. The third kappa shape index (κ3) is 2.66. The summed E-state index contributed by atoms with van der Waals surface area (Å²) in [6.45, 7) is 3.40. The third-order valence-electron chi connectivity index (χ3n) is 2.75. The normalized spacial score (nSPS) is 12.0. The van der Waals surface area contributed by atoms with Crippen LogP contribution in [0.25, 0.3) is 0 Å². The number of pyridine rings is 1. The third-order valence-corrected chi connectivity index (χ3v) is 4.80. The van der Waals surface area contributed by atoms with Gasteiger partial charge >= 0.3 is 0 Å². The molecule has 2 aromatic heterocycles. The van der Waals surface area contributed by atoms with Gasteiger partial charge in [-0.05, 0) is 26.0 Å². The highest BCUT2D eigenvalue weighted by Crippen LogP contribution is 2.23. The van der Waals surface area contributed by atoms with Gasteiger partial charge in [0.25, 0.3) is 0 Å². The summed E-state index contributed by atoms with van der Waals surface area (Å²) in [7, 11) is -2.11. The predicted molar refractivity (Wildman–Crippen MR) is 68.9 cm³/mol. The summed E-state index contributed by atoms with van der Waals surface area (Å²) in [4.78, 5) is 4.24. The van der Waals surface area contributed by atoms with Crippen LogP contribution in [-0.2, 0) is 16.6 Å². The number of sulfonamides is 1. The van der Waals surface area contributed by atoms with E-state index in [-0.39, 0.29) is 11.4 Å². The van der Waals surface area contributed by atoms with Gasteiger partial charge in [-0.2, -0.15) is 4.31 Å². The van der Waals surface area contributed by atoms with E-state index in [2.05, 4.69) is 10.1 Å². The lowest BCUT2D eigenvalue weighted by Gasteiger charge is -2.16. The Hall–Kier alpha value is -1.73. The second-order valence-electron chi connectivity index (χ2n) is 4.24.